The summed E-state index contributed by atoms with van der Waals surface area (Å²) in [5.41, 5.74) is -1.44. The molecule has 1 aromatic heterocycles. The minimum atomic E-state index is -1.59. The van der Waals surface area contributed by atoms with Gasteiger partial charge in [-0.1, -0.05) is 18.2 Å². The molecule has 1 heterocycles. The first-order valence-corrected chi connectivity index (χ1v) is 16.6. The quantitative estimate of drug-likeness (QED) is 0.158. The van der Waals surface area contributed by atoms with Crippen molar-refractivity contribution in [3.63, 3.8) is 0 Å². The Morgan fingerprint density at radius 2 is 1.38 bits per heavy atom. The summed E-state index contributed by atoms with van der Waals surface area (Å²) in [6, 6.07) is 2.07. The van der Waals surface area contributed by atoms with Crippen molar-refractivity contribution in [3.05, 3.63) is 36.0 Å². The van der Waals surface area contributed by atoms with Gasteiger partial charge in [0.25, 0.3) is 0 Å². The standard InChI is InChI=1S/C35H52N6O11/c1-20(40(11)26(43)18-37-31(48)51-34(5,6)7)27(28(44)45)39-25(42)17-36-30(47)38-23(29(46)50-33(2,3)4)16-21-19-41(32(49)52-35(8,9)10)24-15-13-12-14-22(21)24/h12-15,19-20,23,27H,16-18H2,1-11H3,(H,37,48)(H,39,42)(H,44,45)(H2,36,38,47)/t20-,23-,27?/m0/s1. The van der Waals surface area contributed by atoms with Gasteiger partial charge in [0, 0.05) is 25.1 Å². The summed E-state index contributed by atoms with van der Waals surface area (Å²) < 4.78 is 17.5. The van der Waals surface area contributed by atoms with Crippen LogP contribution in [0.25, 0.3) is 10.9 Å². The number of esters is 1. The summed E-state index contributed by atoms with van der Waals surface area (Å²) in [6.45, 7) is 15.3. The van der Waals surface area contributed by atoms with Crippen molar-refractivity contribution in [2.45, 2.75) is 111 Å². The van der Waals surface area contributed by atoms with Crippen molar-refractivity contribution in [1.82, 2.24) is 30.7 Å². The van der Waals surface area contributed by atoms with E-state index in [1.807, 2.05) is 0 Å². The minimum absolute atomic E-state index is 0.105. The van der Waals surface area contributed by atoms with Gasteiger partial charge >= 0.3 is 30.2 Å². The summed E-state index contributed by atoms with van der Waals surface area (Å²) in [7, 11) is 1.30. The number of likely N-dealkylation sites (N-methyl/N-ethyl adjacent to an activating group) is 1. The molecule has 17 nitrogen and oxygen atoms in total. The molecule has 5 N–H and O–H groups in total. The Morgan fingerprint density at radius 3 is 1.94 bits per heavy atom. The maximum absolute atomic E-state index is 13.3. The number of para-hydroxylation sites is 1. The zero-order valence-electron chi connectivity index (χ0n) is 31.7. The molecule has 0 aliphatic heterocycles. The second-order valence-electron chi connectivity index (χ2n) is 15.1. The van der Waals surface area contributed by atoms with Gasteiger partial charge in [0.15, 0.2) is 0 Å². The van der Waals surface area contributed by atoms with E-state index in [1.165, 1.54) is 24.7 Å². The van der Waals surface area contributed by atoms with Crippen LogP contribution in [-0.2, 0) is 39.8 Å². The third-order valence-electron chi connectivity index (χ3n) is 7.07. The van der Waals surface area contributed by atoms with Crippen LogP contribution in [0.3, 0.4) is 0 Å². The number of carboxylic acids is 1. The Hall–Kier alpha value is -5.35. The molecule has 0 aliphatic rings. The van der Waals surface area contributed by atoms with Gasteiger partial charge in [-0.3, -0.25) is 14.2 Å². The smallest absolute Gasteiger partial charge is 0.419 e. The number of aromatic nitrogens is 1. The van der Waals surface area contributed by atoms with Crippen molar-refractivity contribution < 1.29 is 52.9 Å². The lowest BCUT2D eigenvalue weighted by molar-refractivity contribution is -0.157. The number of hydrogen-bond donors (Lipinski definition) is 5. The monoisotopic (exact) mass is 732 g/mol. The molecular formula is C35H52N6O11. The Bertz CT molecular complexity index is 1650. The molecule has 1 unspecified atom stereocenters. The van der Waals surface area contributed by atoms with Crippen LogP contribution in [-0.4, -0.2) is 112 Å². The second kappa shape index (κ2) is 17.2. The van der Waals surface area contributed by atoms with E-state index in [9.17, 15) is 38.7 Å². The topological polar surface area (TPSA) is 224 Å². The predicted octanol–water partition coefficient (Wildman–Crippen LogP) is 2.92. The average Bonchev–Trinajstić information content (AvgIpc) is 3.36. The molecular weight excluding hydrogens is 680 g/mol. The second-order valence-corrected chi connectivity index (χ2v) is 15.1. The number of alkyl carbamates (subject to hydrolysis) is 1. The number of nitrogens with zero attached hydrogens (tertiary/aromatic N) is 2. The molecule has 0 fully saturated rings. The van der Waals surface area contributed by atoms with Crippen molar-refractivity contribution in [2.24, 2.45) is 0 Å². The van der Waals surface area contributed by atoms with Crippen LogP contribution in [0.1, 0.15) is 74.8 Å². The normalized spacial score (nSPS) is 13.5. The maximum atomic E-state index is 13.3. The van der Waals surface area contributed by atoms with Crippen LogP contribution in [0, 0.1) is 0 Å². The van der Waals surface area contributed by atoms with Gasteiger partial charge in [0.2, 0.25) is 11.8 Å². The van der Waals surface area contributed by atoms with Crippen LogP contribution in [0.2, 0.25) is 0 Å². The van der Waals surface area contributed by atoms with E-state index in [0.717, 1.165) is 4.90 Å². The highest BCUT2D eigenvalue weighted by molar-refractivity contribution is 5.93. The zero-order chi connectivity index (χ0) is 39.8. The number of hydrogen-bond acceptors (Lipinski definition) is 10. The van der Waals surface area contributed by atoms with Crippen LogP contribution < -0.4 is 21.3 Å². The molecule has 52 heavy (non-hydrogen) atoms. The summed E-state index contributed by atoms with van der Waals surface area (Å²) in [5, 5.41) is 19.8. The van der Waals surface area contributed by atoms with E-state index in [0.29, 0.717) is 16.5 Å². The summed E-state index contributed by atoms with van der Waals surface area (Å²) in [6.07, 6.45) is -0.0588. The van der Waals surface area contributed by atoms with E-state index in [-0.39, 0.29) is 6.42 Å². The number of fused-ring (bicyclic) bond motifs is 1. The highest BCUT2D eigenvalue weighted by atomic mass is 16.6. The molecule has 2 aromatic rings. The van der Waals surface area contributed by atoms with E-state index in [1.54, 1.807) is 86.6 Å². The maximum Gasteiger partial charge on any atom is 0.419 e. The lowest BCUT2D eigenvalue weighted by Gasteiger charge is -2.30. The lowest BCUT2D eigenvalue weighted by atomic mass is 10.0. The molecule has 3 atom stereocenters. The first-order chi connectivity index (χ1) is 23.8. The van der Waals surface area contributed by atoms with Crippen LogP contribution in [0.15, 0.2) is 30.5 Å². The fourth-order valence-electron chi connectivity index (χ4n) is 4.68. The number of aliphatic carboxylic acids is 1. The number of carboxylic acid groups (broad SMARTS) is 1. The molecule has 0 bridgehead atoms. The Labute approximate surface area is 303 Å². The van der Waals surface area contributed by atoms with Gasteiger partial charge in [-0.25, -0.2) is 24.0 Å². The summed E-state index contributed by atoms with van der Waals surface area (Å²) >= 11 is 0. The number of rotatable bonds is 12. The van der Waals surface area contributed by atoms with Crippen molar-refractivity contribution in [3.8, 4) is 0 Å². The third kappa shape index (κ3) is 13.8. The SMILES string of the molecule is C[C@@H](C(NC(=O)CNC(=O)N[C@@H](Cc1cn(C(=O)OC(C)(C)C)c2ccccc12)C(=O)OC(C)(C)C)C(=O)O)N(C)C(=O)CNC(=O)OC(C)(C)C. The average molecular weight is 733 g/mol. The van der Waals surface area contributed by atoms with Crippen LogP contribution in [0.4, 0.5) is 14.4 Å². The van der Waals surface area contributed by atoms with Gasteiger partial charge < -0.3 is 45.5 Å². The molecule has 0 radical (unpaired) electrons. The van der Waals surface area contributed by atoms with Gasteiger partial charge in [-0.15, -0.1) is 0 Å². The third-order valence-corrected chi connectivity index (χ3v) is 7.07. The molecule has 0 spiro atoms. The fourth-order valence-corrected chi connectivity index (χ4v) is 4.68. The molecule has 17 heteroatoms. The van der Waals surface area contributed by atoms with Crippen molar-refractivity contribution in [2.75, 3.05) is 20.1 Å². The van der Waals surface area contributed by atoms with Crippen LogP contribution >= 0.6 is 0 Å². The molecule has 2 rings (SSSR count). The number of carbonyl (C=O) groups is 7. The summed E-state index contributed by atoms with van der Waals surface area (Å²) in [5.74, 6) is -3.80. The molecule has 5 amide bonds. The largest absolute Gasteiger partial charge is 0.480 e. The fraction of sp³-hybridized carbons (Fsp3) is 0.571. The van der Waals surface area contributed by atoms with E-state index in [4.69, 9.17) is 14.2 Å². The predicted molar refractivity (Wildman–Crippen MR) is 189 cm³/mol. The Morgan fingerprint density at radius 1 is 0.808 bits per heavy atom. The van der Waals surface area contributed by atoms with E-state index >= 15 is 0 Å². The Kier molecular flexibility index (Phi) is 14.2. The van der Waals surface area contributed by atoms with Gasteiger partial charge in [0.1, 0.15) is 35.4 Å². The first-order valence-electron chi connectivity index (χ1n) is 16.6. The summed E-state index contributed by atoms with van der Waals surface area (Å²) in [4.78, 5) is 89.7. The lowest BCUT2D eigenvalue weighted by Crippen LogP contribution is -2.57. The molecule has 1 aromatic carbocycles. The number of amides is 5. The Balaban J connectivity index is 2.15. The molecule has 0 saturated heterocycles. The number of nitrogens with one attached hydrogen (secondary N) is 4. The zero-order valence-corrected chi connectivity index (χ0v) is 31.7. The van der Waals surface area contributed by atoms with Gasteiger partial charge in [-0.2, -0.15) is 0 Å². The minimum Gasteiger partial charge on any atom is -0.480 e. The molecule has 0 saturated carbocycles. The molecule has 288 valence electrons. The highest BCUT2D eigenvalue weighted by Gasteiger charge is 2.33. The number of urea groups is 1. The van der Waals surface area contributed by atoms with Crippen molar-refractivity contribution in [1.29, 1.82) is 0 Å². The first kappa shape index (κ1) is 42.8. The van der Waals surface area contributed by atoms with E-state index in [2.05, 4.69) is 21.3 Å². The number of carbonyl (C=O) groups excluding carboxylic acids is 6. The van der Waals surface area contributed by atoms with Gasteiger partial charge in [0.05, 0.1) is 18.1 Å². The number of ether oxygens (including phenoxy) is 3. The van der Waals surface area contributed by atoms with Crippen LogP contribution in [0.5, 0.6) is 0 Å². The van der Waals surface area contributed by atoms with E-state index < -0.39 is 90.0 Å². The number of benzene rings is 1. The molecule has 0 aliphatic carbocycles. The van der Waals surface area contributed by atoms with Gasteiger partial charge in [-0.05, 0) is 80.9 Å². The van der Waals surface area contributed by atoms with Crippen molar-refractivity contribution >= 4 is 52.9 Å². The highest BCUT2D eigenvalue weighted by Crippen LogP contribution is 2.25.